The molecule has 0 bridgehead atoms. The van der Waals surface area contributed by atoms with E-state index in [1.165, 1.54) is 16.0 Å². The van der Waals surface area contributed by atoms with Gasteiger partial charge in [0, 0.05) is 17.6 Å². The second-order valence-electron chi connectivity index (χ2n) is 7.98. The van der Waals surface area contributed by atoms with Crippen LogP contribution in [-0.2, 0) is 21.2 Å². The van der Waals surface area contributed by atoms with Gasteiger partial charge in [-0.25, -0.2) is 8.42 Å². The van der Waals surface area contributed by atoms with E-state index in [0.29, 0.717) is 13.1 Å². The monoisotopic (exact) mass is 426 g/mol. The van der Waals surface area contributed by atoms with Crippen LogP contribution in [0.25, 0.3) is 0 Å². The average Bonchev–Trinajstić information content (AvgIpc) is 3.13. The lowest BCUT2D eigenvalue weighted by molar-refractivity contribution is -0.892. The van der Waals surface area contributed by atoms with E-state index in [0.717, 1.165) is 31.7 Å². The zero-order valence-electron chi connectivity index (χ0n) is 17.0. The highest BCUT2D eigenvalue weighted by Crippen LogP contribution is 2.18. The molecule has 0 radical (unpaired) electrons. The molecule has 2 aliphatic heterocycles. The van der Waals surface area contributed by atoms with Crippen LogP contribution >= 0.6 is 0 Å². The van der Waals surface area contributed by atoms with E-state index < -0.39 is 15.9 Å². The largest absolute Gasteiger partial charge is 0.360 e. The van der Waals surface area contributed by atoms with E-state index in [2.05, 4.69) is 17.0 Å². The Morgan fingerprint density at radius 1 is 1.00 bits per heavy atom. The molecule has 6 nitrogen and oxygen atoms in total. The number of rotatable bonds is 6. The van der Waals surface area contributed by atoms with Gasteiger partial charge in [0.25, 0.3) is 5.91 Å². The average molecular weight is 427 g/mol. The summed E-state index contributed by atoms with van der Waals surface area (Å²) in [6.45, 7) is 4.40. The second kappa shape index (κ2) is 9.02. The zero-order chi connectivity index (χ0) is 21.0. The normalized spacial score (nSPS) is 20.9. The topological polar surface area (TPSA) is 62.1 Å². The van der Waals surface area contributed by atoms with Crippen molar-refractivity contribution in [2.45, 2.75) is 12.6 Å². The molecule has 30 heavy (non-hydrogen) atoms. The molecule has 158 valence electrons. The van der Waals surface area contributed by atoms with Crippen molar-refractivity contribution in [3.05, 3.63) is 77.7 Å². The van der Waals surface area contributed by atoms with Gasteiger partial charge in [-0.05, 0) is 23.8 Å². The van der Waals surface area contributed by atoms with Crippen molar-refractivity contribution >= 4 is 21.4 Å². The Bertz CT molecular complexity index is 985. The second-order valence-corrected chi connectivity index (χ2v) is 9.91. The van der Waals surface area contributed by atoms with E-state index in [1.807, 2.05) is 48.5 Å². The van der Waals surface area contributed by atoms with Crippen LogP contribution < -0.4 is 9.80 Å². The first-order valence-corrected chi connectivity index (χ1v) is 12.1. The number of hydrogen-bond donors (Lipinski definition) is 1. The van der Waals surface area contributed by atoms with Crippen LogP contribution in [0.1, 0.15) is 5.56 Å². The number of anilines is 1. The number of nitrogens with zero attached hydrogens (tertiary/aromatic N) is 2. The van der Waals surface area contributed by atoms with Gasteiger partial charge < -0.3 is 14.7 Å². The predicted molar refractivity (Wildman–Crippen MR) is 118 cm³/mol. The first-order valence-electron chi connectivity index (χ1n) is 10.4. The minimum absolute atomic E-state index is 0.00811. The fourth-order valence-corrected chi connectivity index (χ4v) is 5.44. The van der Waals surface area contributed by atoms with Gasteiger partial charge >= 0.3 is 0 Å². The maximum absolute atomic E-state index is 13.2. The Balaban J connectivity index is 1.40. The highest BCUT2D eigenvalue weighted by atomic mass is 32.2. The molecule has 1 fully saturated rings. The van der Waals surface area contributed by atoms with Crippen molar-refractivity contribution in [3.63, 3.8) is 0 Å². The minimum Gasteiger partial charge on any atom is -0.360 e. The van der Waals surface area contributed by atoms with Gasteiger partial charge in [-0.15, -0.1) is 0 Å². The van der Waals surface area contributed by atoms with Crippen molar-refractivity contribution in [1.82, 2.24) is 4.90 Å². The van der Waals surface area contributed by atoms with Gasteiger partial charge in [-0.1, -0.05) is 48.5 Å². The van der Waals surface area contributed by atoms with Gasteiger partial charge in [-0.2, -0.15) is 0 Å². The Morgan fingerprint density at radius 2 is 1.63 bits per heavy atom. The molecule has 1 saturated heterocycles. The van der Waals surface area contributed by atoms with Crippen molar-refractivity contribution in [2.24, 2.45) is 0 Å². The fraction of sp³-hybridized carbons (Fsp3) is 0.348. The molecule has 2 aromatic rings. The van der Waals surface area contributed by atoms with Crippen LogP contribution in [0.3, 0.4) is 0 Å². The zero-order valence-corrected chi connectivity index (χ0v) is 17.8. The summed E-state index contributed by atoms with van der Waals surface area (Å²) in [6.07, 6.45) is 1.65. The molecule has 0 aliphatic carbocycles. The molecule has 1 amide bonds. The first kappa shape index (κ1) is 20.6. The number of benzene rings is 2. The van der Waals surface area contributed by atoms with E-state index in [9.17, 15) is 13.2 Å². The summed E-state index contributed by atoms with van der Waals surface area (Å²) in [5, 5.41) is 1.24. The third-order valence-electron chi connectivity index (χ3n) is 5.82. The molecule has 0 spiro atoms. The van der Waals surface area contributed by atoms with Crippen LogP contribution in [0.2, 0.25) is 0 Å². The third kappa shape index (κ3) is 5.09. The molecular weight excluding hydrogens is 398 g/mol. The molecule has 2 aliphatic rings. The molecule has 0 unspecified atom stereocenters. The predicted octanol–water partition coefficient (Wildman–Crippen LogP) is 0.731. The Labute approximate surface area is 178 Å². The number of para-hydroxylation sites is 1. The van der Waals surface area contributed by atoms with Crippen LogP contribution in [0, 0.1) is 0 Å². The maximum Gasteiger partial charge on any atom is 0.278 e. The standard InChI is InChI=1S/C23H27N3O3S/c27-23(18-24-12-14-25(15-13-24)21-9-5-2-6-10-21)26(17-20-7-3-1-4-8-20)22-11-16-30(28,29)19-22/h1-11,16,22H,12-15,17-19H2/p+1/t22-/m1/s1. The summed E-state index contributed by atoms with van der Waals surface area (Å²) in [7, 11) is -3.23. The summed E-state index contributed by atoms with van der Waals surface area (Å²) in [5.74, 6) is -0.0170. The summed E-state index contributed by atoms with van der Waals surface area (Å²) in [6, 6.07) is 19.7. The SMILES string of the molecule is O=C(C[NH+]1CCN(c2ccccc2)CC1)N(Cc1ccccc1)[C@@H]1C=CS(=O)(=O)C1. The Hall–Kier alpha value is -2.64. The van der Waals surface area contributed by atoms with Crippen molar-refractivity contribution in [1.29, 1.82) is 0 Å². The van der Waals surface area contributed by atoms with E-state index in [-0.39, 0.29) is 11.7 Å². The number of carbonyl (C=O) groups excluding carboxylic acids is 1. The minimum atomic E-state index is -3.23. The van der Waals surface area contributed by atoms with Crippen molar-refractivity contribution < 1.29 is 18.1 Å². The van der Waals surface area contributed by atoms with E-state index >= 15 is 0 Å². The lowest BCUT2D eigenvalue weighted by atomic mass is 10.1. The van der Waals surface area contributed by atoms with E-state index in [4.69, 9.17) is 0 Å². The number of quaternary nitrogens is 1. The van der Waals surface area contributed by atoms with Gasteiger partial charge in [0.2, 0.25) is 0 Å². The summed E-state index contributed by atoms with van der Waals surface area (Å²) >= 11 is 0. The van der Waals surface area contributed by atoms with Crippen LogP contribution in [0.15, 0.2) is 72.1 Å². The number of carbonyl (C=O) groups is 1. The molecular formula is C23H28N3O3S+. The maximum atomic E-state index is 13.2. The Kier molecular flexibility index (Phi) is 6.20. The van der Waals surface area contributed by atoms with Gasteiger partial charge in [0.1, 0.15) is 0 Å². The van der Waals surface area contributed by atoms with Crippen molar-refractivity contribution in [2.75, 3.05) is 43.4 Å². The number of nitrogens with one attached hydrogen (secondary N) is 1. The van der Waals surface area contributed by atoms with Gasteiger partial charge in [0.05, 0.1) is 38.0 Å². The quantitative estimate of drug-likeness (QED) is 0.740. The number of hydrogen-bond acceptors (Lipinski definition) is 4. The van der Waals surface area contributed by atoms with Crippen LogP contribution in [0.4, 0.5) is 5.69 Å². The molecule has 2 heterocycles. The van der Waals surface area contributed by atoms with Crippen LogP contribution in [0.5, 0.6) is 0 Å². The molecule has 0 aromatic heterocycles. The molecule has 1 atom stereocenters. The highest BCUT2D eigenvalue weighted by Gasteiger charge is 2.32. The molecule has 1 N–H and O–H groups in total. The number of amides is 1. The highest BCUT2D eigenvalue weighted by molar-refractivity contribution is 7.94. The molecule has 7 heteroatoms. The molecule has 4 rings (SSSR count). The van der Waals surface area contributed by atoms with Gasteiger partial charge in [0.15, 0.2) is 16.4 Å². The summed E-state index contributed by atoms with van der Waals surface area (Å²) in [4.78, 5) is 18.6. The number of sulfone groups is 1. The smallest absolute Gasteiger partial charge is 0.278 e. The lowest BCUT2D eigenvalue weighted by Gasteiger charge is -2.35. The summed E-state index contributed by atoms with van der Waals surface area (Å²) in [5.41, 5.74) is 2.22. The number of piperazine rings is 1. The first-order chi connectivity index (χ1) is 14.5. The lowest BCUT2D eigenvalue weighted by Crippen LogP contribution is -3.16. The van der Waals surface area contributed by atoms with Crippen molar-refractivity contribution in [3.8, 4) is 0 Å². The Morgan fingerprint density at radius 3 is 2.23 bits per heavy atom. The van der Waals surface area contributed by atoms with Crippen LogP contribution in [-0.4, -0.2) is 63.7 Å². The fourth-order valence-electron chi connectivity index (χ4n) is 4.14. The van der Waals surface area contributed by atoms with Gasteiger partial charge in [-0.3, -0.25) is 4.79 Å². The van der Waals surface area contributed by atoms with E-state index in [1.54, 1.807) is 11.0 Å². The third-order valence-corrected chi connectivity index (χ3v) is 7.20. The molecule has 2 aromatic carbocycles. The molecule has 0 saturated carbocycles. The summed E-state index contributed by atoms with van der Waals surface area (Å²) < 4.78 is 23.9.